The summed E-state index contributed by atoms with van der Waals surface area (Å²) in [6.45, 7) is 0. The third kappa shape index (κ3) is 2.88. The van der Waals surface area contributed by atoms with E-state index in [2.05, 4.69) is 41.8 Å². The maximum absolute atomic E-state index is 10.2. The second-order valence-electron chi connectivity index (χ2n) is 4.40. The second kappa shape index (κ2) is 6.36. The lowest BCUT2D eigenvalue weighted by Gasteiger charge is -2.09. The van der Waals surface area contributed by atoms with E-state index in [9.17, 15) is 5.11 Å². The van der Waals surface area contributed by atoms with E-state index < -0.39 is 0 Å². The molecule has 7 heteroatoms. The average molecular weight is 442 g/mol. The van der Waals surface area contributed by atoms with Crippen LogP contribution in [0.25, 0.3) is 10.2 Å². The minimum absolute atomic E-state index is 0.0380. The van der Waals surface area contributed by atoms with Crippen LogP contribution in [-0.2, 0) is 0 Å². The van der Waals surface area contributed by atoms with Gasteiger partial charge in [0, 0.05) is 15.2 Å². The molecule has 3 rings (SSSR count). The Hall–Kier alpha value is -1.44. The molecule has 4 nitrogen and oxygen atoms in total. The summed E-state index contributed by atoms with van der Waals surface area (Å²) in [5.74, 6) is 0.419. The van der Waals surface area contributed by atoms with E-state index in [-0.39, 0.29) is 5.75 Å². The number of fused-ring (bicyclic) bond motifs is 1. The maximum atomic E-state index is 10.2. The normalized spacial score (nSPS) is 11.4. The van der Waals surface area contributed by atoms with Gasteiger partial charge in [-0.2, -0.15) is 0 Å². The summed E-state index contributed by atoms with van der Waals surface area (Å²) in [4.78, 5) is 8.69. The molecule has 0 spiro atoms. The highest BCUT2D eigenvalue weighted by atomic mass is 79.9. The minimum atomic E-state index is 0.0380. The van der Waals surface area contributed by atoms with Crippen molar-refractivity contribution < 1.29 is 9.84 Å². The number of ether oxygens (including phenoxy) is 1. The van der Waals surface area contributed by atoms with Gasteiger partial charge in [-0.1, -0.05) is 0 Å². The Morgan fingerprint density at radius 2 is 2.14 bits per heavy atom. The lowest BCUT2D eigenvalue weighted by molar-refractivity contribution is 0.372. The van der Waals surface area contributed by atoms with Crippen LogP contribution in [0.2, 0.25) is 0 Å². The van der Waals surface area contributed by atoms with Crippen LogP contribution < -0.4 is 4.74 Å². The van der Waals surface area contributed by atoms with Gasteiger partial charge in [-0.05, 0) is 56.1 Å². The monoisotopic (exact) mass is 440 g/mol. The Morgan fingerprint density at radius 3 is 2.91 bits per heavy atom. The van der Waals surface area contributed by atoms with Gasteiger partial charge in [0.05, 0.1) is 34.1 Å². The molecule has 0 aliphatic heterocycles. The molecule has 2 aromatic carbocycles. The lowest BCUT2D eigenvalue weighted by atomic mass is 10.2. The standard InChI is InChI=1S/C15H10Br2N2O2S/c1-21-12-5-10(16)14(17)9(15(12)20)6-18-8-2-3-13-11(4-8)19-7-22-13/h2-7,20H,1H3. The molecule has 22 heavy (non-hydrogen) atoms. The molecule has 0 fully saturated rings. The summed E-state index contributed by atoms with van der Waals surface area (Å²) in [6, 6.07) is 7.49. The number of halogens is 2. The highest BCUT2D eigenvalue weighted by molar-refractivity contribution is 9.13. The number of aromatic hydroxyl groups is 1. The number of rotatable bonds is 3. The molecule has 112 valence electrons. The number of phenols is 1. The zero-order chi connectivity index (χ0) is 15.7. The number of methoxy groups -OCH3 is 1. The molecule has 0 saturated carbocycles. The Labute approximate surface area is 147 Å². The van der Waals surface area contributed by atoms with E-state index in [1.54, 1.807) is 29.1 Å². The number of aromatic nitrogens is 1. The van der Waals surface area contributed by atoms with Gasteiger partial charge in [0.2, 0.25) is 0 Å². The van der Waals surface area contributed by atoms with Crippen molar-refractivity contribution in [1.82, 2.24) is 4.98 Å². The fraction of sp³-hybridized carbons (Fsp3) is 0.0667. The third-order valence-corrected chi connectivity index (χ3v) is 5.89. The highest BCUT2D eigenvalue weighted by Gasteiger charge is 2.14. The first kappa shape index (κ1) is 15.5. The van der Waals surface area contributed by atoms with Crippen LogP contribution in [-0.4, -0.2) is 23.4 Å². The minimum Gasteiger partial charge on any atom is -0.504 e. The first-order valence-electron chi connectivity index (χ1n) is 6.22. The van der Waals surface area contributed by atoms with Gasteiger partial charge < -0.3 is 9.84 Å². The van der Waals surface area contributed by atoms with E-state index in [1.165, 1.54) is 7.11 Å². The molecular formula is C15H10Br2N2O2S. The van der Waals surface area contributed by atoms with Crippen molar-refractivity contribution in [3.05, 3.63) is 44.3 Å². The first-order valence-corrected chi connectivity index (χ1v) is 8.69. The van der Waals surface area contributed by atoms with Crippen LogP contribution in [0.3, 0.4) is 0 Å². The third-order valence-electron chi connectivity index (χ3n) is 3.07. The Bertz CT molecular complexity index is 877. The Kier molecular flexibility index (Phi) is 4.46. The first-order chi connectivity index (χ1) is 10.6. The van der Waals surface area contributed by atoms with Crippen LogP contribution in [0.1, 0.15) is 5.56 Å². The molecule has 1 heterocycles. The fourth-order valence-corrected chi connectivity index (χ4v) is 3.44. The zero-order valence-corrected chi connectivity index (χ0v) is 15.4. The smallest absolute Gasteiger partial charge is 0.167 e. The van der Waals surface area contributed by atoms with Gasteiger partial charge in [-0.3, -0.25) is 4.99 Å². The summed E-state index contributed by atoms with van der Waals surface area (Å²) in [5.41, 5.74) is 4.03. The van der Waals surface area contributed by atoms with E-state index >= 15 is 0 Å². The zero-order valence-electron chi connectivity index (χ0n) is 11.4. The Morgan fingerprint density at radius 1 is 1.32 bits per heavy atom. The molecule has 0 unspecified atom stereocenters. The van der Waals surface area contributed by atoms with Gasteiger partial charge in [-0.15, -0.1) is 11.3 Å². The number of hydrogen-bond donors (Lipinski definition) is 1. The molecule has 0 radical (unpaired) electrons. The van der Waals surface area contributed by atoms with Crippen molar-refractivity contribution in [2.45, 2.75) is 0 Å². The van der Waals surface area contributed by atoms with Crippen LogP contribution in [0.5, 0.6) is 11.5 Å². The van der Waals surface area contributed by atoms with Crippen LogP contribution in [0.15, 0.2) is 43.7 Å². The van der Waals surface area contributed by atoms with Crippen LogP contribution in [0.4, 0.5) is 5.69 Å². The summed E-state index contributed by atoms with van der Waals surface area (Å²) >= 11 is 8.44. The van der Waals surface area contributed by atoms with E-state index in [4.69, 9.17) is 4.74 Å². The van der Waals surface area contributed by atoms with E-state index in [0.717, 1.165) is 20.4 Å². The van der Waals surface area contributed by atoms with Crippen molar-refractivity contribution >= 4 is 65.3 Å². The molecule has 0 saturated heterocycles. The van der Waals surface area contributed by atoms with Crippen molar-refractivity contribution in [2.75, 3.05) is 7.11 Å². The molecule has 0 atom stereocenters. The van der Waals surface area contributed by atoms with Gasteiger partial charge in [-0.25, -0.2) is 4.98 Å². The summed E-state index contributed by atoms with van der Waals surface area (Å²) < 4.78 is 7.76. The number of thiazole rings is 1. The molecule has 1 N–H and O–H groups in total. The summed E-state index contributed by atoms with van der Waals surface area (Å²) in [7, 11) is 1.51. The fourth-order valence-electron chi connectivity index (χ4n) is 1.95. The maximum Gasteiger partial charge on any atom is 0.167 e. The van der Waals surface area contributed by atoms with Gasteiger partial charge >= 0.3 is 0 Å². The summed E-state index contributed by atoms with van der Waals surface area (Å²) in [5, 5.41) is 10.2. The molecule has 0 bridgehead atoms. The van der Waals surface area contributed by atoms with Crippen molar-refractivity contribution in [2.24, 2.45) is 4.99 Å². The number of aliphatic imine (C=N–C) groups is 1. The molecule has 1 aromatic heterocycles. The number of hydrogen-bond acceptors (Lipinski definition) is 5. The summed E-state index contributed by atoms with van der Waals surface area (Å²) in [6.07, 6.45) is 1.60. The quantitative estimate of drug-likeness (QED) is 0.562. The molecular weight excluding hydrogens is 432 g/mol. The predicted molar refractivity (Wildman–Crippen MR) is 96.9 cm³/mol. The largest absolute Gasteiger partial charge is 0.504 e. The SMILES string of the molecule is COc1cc(Br)c(Br)c(C=Nc2ccc3scnc3c2)c1O. The molecule has 0 aliphatic rings. The topological polar surface area (TPSA) is 54.7 Å². The van der Waals surface area contributed by atoms with Crippen molar-refractivity contribution in [3.63, 3.8) is 0 Å². The van der Waals surface area contributed by atoms with Crippen LogP contribution >= 0.6 is 43.2 Å². The molecule has 0 amide bonds. The average Bonchev–Trinajstić information content (AvgIpc) is 2.98. The number of nitrogens with zero attached hydrogens (tertiary/aromatic N) is 2. The highest BCUT2D eigenvalue weighted by Crippen LogP contribution is 2.39. The second-order valence-corrected chi connectivity index (χ2v) is 6.93. The lowest BCUT2D eigenvalue weighted by Crippen LogP contribution is -1.91. The number of phenolic OH excluding ortho intramolecular Hbond substituents is 1. The molecule has 3 aromatic rings. The van der Waals surface area contributed by atoms with Gasteiger partial charge in [0.1, 0.15) is 0 Å². The van der Waals surface area contributed by atoms with Crippen molar-refractivity contribution in [1.29, 1.82) is 0 Å². The van der Waals surface area contributed by atoms with Crippen LogP contribution in [0, 0.1) is 0 Å². The van der Waals surface area contributed by atoms with E-state index in [1.807, 2.05) is 18.2 Å². The number of benzene rings is 2. The van der Waals surface area contributed by atoms with Crippen molar-refractivity contribution in [3.8, 4) is 11.5 Å². The van der Waals surface area contributed by atoms with Gasteiger partial charge in [0.15, 0.2) is 11.5 Å². The van der Waals surface area contributed by atoms with E-state index in [0.29, 0.717) is 15.8 Å². The molecule has 0 aliphatic carbocycles. The predicted octanol–water partition coefficient (Wildman–Crippen LogP) is 5.29. The Balaban J connectivity index is 2.03. The van der Waals surface area contributed by atoms with Gasteiger partial charge in [0.25, 0.3) is 0 Å².